The first-order chi connectivity index (χ1) is 9.25. The Hall–Kier alpha value is -1.55. The van der Waals surface area contributed by atoms with Gasteiger partial charge in [0.05, 0.1) is 12.2 Å². The summed E-state index contributed by atoms with van der Waals surface area (Å²) in [5, 5.41) is 0. The van der Waals surface area contributed by atoms with Crippen molar-refractivity contribution in [3.8, 4) is 0 Å². The largest absolute Gasteiger partial charge is 0.462 e. The van der Waals surface area contributed by atoms with Gasteiger partial charge in [0.2, 0.25) is 0 Å². The molecular formula is C15H22N2O2. The van der Waals surface area contributed by atoms with Gasteiger partial charge >= 0.3 is 5.97 Å². The van der Waals surface area contributed by atoms with Crippen molar-refractivity contribution in [1.29, 1.82) is 0 Å². The lowest BCUT2D eigenvalue weighted by Gasteiger charge is -2.26. The minimum absolute atomic E-state index is 0.265. The zero-order valence-electron chi connectivity index (χ0n) is 11.3. The minimum atomic E-state index is -0.265. The van der Waals surface area contributed by atoms with Gasteiger partial charge in [0.15, 0.2) is 0 Å². The molecular weight excluding hydrogens is 240 g/mol. The number of anilines is 1. The Balaban J connectivity index is 1.64. The molecule has 1 heterocycles. The molecule has 4 heteroatoms. The van der Waals surface area contributed by atoms with Crippen LogP contribution in [0.5, 0.6) is 0 Å². The number of carbonyl (C=O) groups is 1. The van der Waals surface area contributed by atoms with Crippen LogP contribution in [0.15, 0.2) is 24.3 Å². The number of hydrogen-bond acceptors (Lipinski definition) is 4. The second-order valence-corrected chi connectivity index (χ2v) is 5.01. The molecule has 0 aromatic heterocycles. The van der Waals surface area contributed by atoms with Gasteiger partial charge in [0.25, 0.3) is 0 Å². The highest BCUT2D eigenvalue weighted by molar-refractivity contribution is 5.89. The average Bonchev–Trinajstić information content (AvgIpc) is 2.45. The van der Waals surface area contributed by atoms with E-state index in [1.165, 1.54) is 32.4 Å². The lowest BCUT2D eigenvalue weighted by Crippen LogP contribution is -2.31. The first-order valence-corrected chi connectivity index (χ1v) is 7.01. The smallest absolute Gasteiger partial charge is 0.338 e. The quantitative estimate of drug-likeness (QED) is 0.502. The van der Waals surface area contributed by atoms with Crippen molar-refractivity contribution in [1.82, 2.24) is 4.90 Å². The number of nitrogen functional groups attached to an aromatic ring is 1. The predicted molar refractivity (Wildman–Crippen MR) is 76.0 cm³/mol. The number of benzene rings is 1. The summed E-state index contributed by atoms with van der Waals surface area (Å²) in [4.78, 5) is 14.2. The second kappa shape index (κ2) is 7.14. The van der Waals surface area contributed by atoms with Crippen molar-refractivity contribution >= 4 is 11.7 Å². The molecule has 1 saturated heterocycles. The van der Waals surface area contributed by atoms with E-state index in [9.17, 15) is 4.79 Å². The number of esters is 1. The Bertz CT molecular complexity index is 397. The van der Waals surface area contributed by atoms with Crippen LogP contribution in [0.1, 0.15) is 36.0 Å². The monoisotopic (exact) mass is 262 g/mol. The highest BCUT2D eigenvalue weighted by atomic mass is 16.5. The fourth-order valence-electron chi connectivity index (χ4n) is 2.34. The van der Waals surface area contributed by atoms with Crippen molar-refractivity contribution in [3.05, 3.63) is 29.8 Å². The van der Waals surface area contributed by atoms with E-state index in [0.717, 1.165) is 13.0 Å². The molecule has 0 aliphatic carbocycles. The van der Waals surface area contributed by atoms with Crippen LogP contribution in [0.25, 0.3) is 0 Å². The average molecular weight is 262 g/mol. The number of carbonyl (C=O) groups excluding carboxylic acids is 1. The van der Waals surface area contributed by atoms with Crippen LogP contribution >= 0.6 is 0 Å². The maximum absolute atomic E-state index is 11.7. The van der Waals surface area contributed by atoms with E-state index in [1.54, 1.807) is 24.3 Å². The van der Waals surface area contributed by atoms with Crippen LogP contribution in [0.3, 0.4) is 0 Å². The predicted octanol–water partition coefficient (Wildman–Crippen LogP) is 2.30. The molecule has 0 bridgehead atoms. The normalized spacial score (nSPS) is 16.2. The van der Waals surface area contributed by atoms with E-state index in [0.29, 0.717) is 17.9 Å². The van der Waals surface area contributed by atoms with E-state index < -0.39 is 0 Å². The van der Waals surface area contributed by atoms with Gasteiger partial charge in [-0.1, -0.05) is 6.42 Å². The van der Waals surface area contributed by atoms with Gasteiger partial charge in [-0.3, -0.25) is 0 Å². The van der Waals surface area contributed by atoms with Crippen molar-refractivity contribution < 1.29 is 9.53 Å². The number of likely N-dealkylation sites (tertiary alicyclic amines) is 1. The van der Waals surface area contributed by atoms with Gasteiger partial charge in [-0.15, -0.1) is 0 Å². The molecule has 104 valence electrons. The minimum Gasteiger partial charge on any atom is -0.462 e. The van der Waals surface area contributed by atoms with E-state index in [-0.39, 0.29) is 5.97 Å². The fourth-order valence-corrected chi connectivity index (χ4v) is 2.34. The third-order valence-corrected chi connectivity index (χ3v) is 3.45. The van der Waals surface area contributed by atoms with Crippen LogP contribution in [0.4, 0.5) is 5.69 Å². The molecule has 2 rings (SSSR count). The molecule has 0 saturated carbocycles. The Kier molecular flexibility index (Phi) is 5.21. The number of piperidine rings is 1. The summed E-state index contributed by atoms with van der Waals surface area (Å²) in [6.07, 6.45) is 4.85. The first kappa shape index (κ1) is 13.9. The van der Waals surface area contributed by atoms with Crippen LogP contribution in [0, 0.1) is 0 Å². The number of hydrogen-bond donors (Lipinski definition) is 1. The Morgan fingerprint density at radius 1 is 1.16 bits per heavy atom. The molecule has 1 fully saturated rings. The Labute approximate surface area is 114 Å². The van der Waals surface area contributed by atoms with E-state index in [1.807, 2.05) is 0 Å². The second-order valence-electron chi connectivity index (χ2n) is 5.01. The van der Waals surface area contributed by atoms with Gasteiger partial charge in [0.1, 0.15) is 0 Å². The summed E-state index contributed by atoms with van der Waals surface area (Å²) in [5.41, 5.74) is 6.79. The topological polar surface area (TPSA) is 55.6 Å². The van der Waals surface area contributed by atoms with Gasteiger partial charge < -0.3 is 15.4 Å². The molecule has 0 atom stereocenters. The summed E-state index contributed by atoms with van der Waals surface area (Å²) in [5.74, 6) is -0.265. The van der Waals surface area contributed by atoms with Gasteiger partial charge in [-0.2, -0.15) is 0 Å². The lowest BCUT2D eigenvalue weighted by atomic mass is 10.1. The summed E-state index contributed by atoms with van der Waals surface area (Å²) in [7, 11) is 0. The van der Waals surface area contributed by atoms with Gasteiger partial charge in [0, 0.05) is 12.2 Å². The molecule has 1 aliphatic rings. The number of rotatable bonds is 5. The third-order valence-electron chi connectivity index (χ3n) is 3.45. The number of ether oxygens (including phenoxy) is 1. The molecule has 0 unspecified atom stereocenters. The van der Waals surface area contributed by atoms with Crippen molar-refractivity contribution in [2.45, 2.75) is 25.7 Å². The van der Waals surface area contributed by atoms with Crippen LogP contribution in [0.2, 0.25) is 0 Å². The molecule has 4 nitrogen and oxygen atoms in total. The van der Waals surface area contributed by atoms with Crippen LogP contribution in [-0.2, 0) is 4.74 Å². The highest BCUT2D eigenvalue weighted by Crippen LogP contribution is 2.09. The molecule has 0 spiro atoms. The fraction of sp³-hybridized carbons (Fsp3) is 0.533. The zero-order valence-corrected chi connectivity index (χ0v) is 11.3. The molecule has 19 heavy (non-hydrogen) atoms. The summed E-state index contributed by atoms with van der Waals surface area (Å²) < 4.78 is 5.25. The maximum Gasteiger partial charge on any atom is 0.338 e. The lowest BCUT2D eigenvalue weighted by molar-refractivity contribution is 0.0485. The molecule has 0 radical (unpaired) electrons. The van der Waals surface area contributed by atoms with Crippen molar-refractivity contribution in [2.24, 2.45) is 0 Å². The molecule has 0 amide bonds. The maximum atomic E-state index is 11.7. The van der Waals surface area contributed by atoms with E-state index in [2.05, 4.69) is 4.90 Å². The van der Waals surface area contributed by atoms with Gasteiger partial charge in [-0.05, 0) is 56.6 Å². The number of nitrogens with two attached hydrogens (primary N) is 1. The molecule has 1 aromatic carbocycles. The molecule has 2 N–H and O–H groups in total. The Morgan fingerprint density at radius 2 is 1.84 bits per heavy atom. The SMILES string of the molecule is Nc1ccc(C(=O)OCCCN2CCCCC2)cc1. The van der Waals surface area contributed by atoms with Crippen LogP contribution < -0.4 is 5.73 Å². The highest BCUT2D eigenvalue weighted by Gasteiger charge is 2.10. The van der Waals surface area contributed by atoms with E-state index >= 15 is 0 Å². The van der Waals surface area contributed by atoms with Crippen LogP contribution in [-0.4, -0.2) is 37.1 Å². The molecule has 1 aliphatic heterocycles. The van der Waals surface area contributed by atoms with E-state index in [4.69, 9.17) is 10.5 Å². The summed E-state index contributed by atoms with van der Waals surface area (Å²) >= 11 is 0. The Morgan fingerprint density at radius 3 is 2.53 bits per heavy atom. The van der Waals surface area contributed by atoms with Gasteiger partial charge in [-0.25, -0.2) is 4.79 Å². The van der Waals surface area contributed by atoms with Crippen molar-refractivity contribution in [2.75, 3.05) is 32.0 Å². The zero-order chi connectivity index (χ0) is 13.5. The standard InChI is InChI=1S/C15H22N2O2/c16-14-7-5-13(6-8-14)15(18)19-12-4-11-17-9-2-1-3-10-17/h5-8H,1-4,9-12,16H2. The number of nitrogens with zero attached hydrogens (tertiary/aromatic N) is 1. The summed E-state index contributed by atoms with van der Waals surface area (Å²) in [6, 6.07) is 6.82. The molecule has 1 aromatic rings. The first-order valence-electron chi connectivity index (χ1n) is 7.01. The summed E-state index contributed by atoms with van der Waals surface area (Å²) in [6.45, 7) is 3.88. The third kappa shape index (κ3) is 4.56. The van der Waals surface area contributed by atoms with Crippen molar-refractivity contribution in [3.63, 3.8) is 0 Å².